The van der Waals surface area contributed by atoms with E-state index in [1.54, 1.807) is 0 Å². The zero-order valence-electron chi connectivity index (χ0n) is 17.8. The highest BCUT2D eigenvalue weighted by atomic mass is 31.1. The van der Waals surface area contributed by atoms with Crippen LogP contribution in [0.5, 0.6) is 0 Å². The van der Waals surface area contributed by atoms with Gasteiger partial charge in [0.2, 0.25) is 0 Å². The van der Waals surface area contributed by atoms with E-state index in [9.17, 15) is 0 Å². The van der Waals surface area contributed by atoms with E-state index in [2.05, 4.69) is 117 Å². The lowest BCUT2D eigenvalue weighted by molar-refractivity contribution is 1.38. The van der Waals surface area contributed by atoms with Gasteiger partial charge in [-0.1, -0.05) is 117 Å². The topological polar surface area (TPSA) is 0 Å². The average Bonchev–Trinajstić information content (AvgIpc) is 2.78. The van der Waals surface area contributed by atoms with Crippen LogP contribution in [0.2, 0.25) is 0 Å². The summed E-state index contributed by atoms with van der Waals surface area (Å²) in [5.74, 6) is 0. The van der Waals surface area contributed by atoms with Crippen LogP contribution in [-0.2, 0) is 0 Å². The number of aryl methyl sites for hydroxylation is 2. The molecule has 4 aromatic rings. The van der Waals surface area contributed by atoms with Gasteiger partial charge in [-0.15, -0.1) is 0 Å². The van der Waals surface area contributed by atoms with Crippen LogP contribution in [0.25, 0.3) is 11.1 Å². The lowest BCUT2D eigenvalue weighted by Crippen LogP contribution is -2.22. The first-order valence-electron chi connectivity index (χ1n) is 10.3. The molecule has 0 saturated heterocycles. The summed E-state index contributed by atoms with van der Waals surface area (Å²) in [6, 6.07) is 37.3. The van der Waals surface area contributed by atoms with Gasteiger partial charge < -0.3 is 0 Å². The van der Waals surface area contributed by atoms with E-state index in [1.165, 1.54) is 38.2 Å². The van der Waals surface area contributed by atoms with Crippen molar-refractivity contribution in [3.63, 3.8) is 0 Å². The Bertz CT molecular complexity index is 976. The standard InChI is InChI=1S/C26H23P.C2H6/c1-20-12-11-13-21(2)26(20)24-18-9-10-19-25(24)27(22-14-5-3-6-15-22)23-16-7-4-8-17-23;1-2/h3-19H,1-2H3;1-2H3. The summed E-state index contributed by atoms with van der Waals surface area (Å²) >= 11 is 0. The van der Waals surface area contributed by atoms with Crippen molar-refractivity contribution in [2.45, 2.75) is 27.7 Å². The largest absolute Gasteiger partial charge is 0.0683 e. The van der Waals surface area contributed by atoms with Crippen LogP contribution >= 0.6 is 7.92 Å². The highest BCUT2D eigenvalue weighted by molar-refractivity contribution is 7.80. The molecule has 0 unspecified atom stereocenters. The van der Waals surface area contributed by atoms with Gasteiger partial charge in [0, 0.05) is 0 Å². The molecule has 0 aliphatic heterocycles. The molecule has 4 aromatic carbocycles. The van der Waals surface area contributed by atoms with Gasteiger partial charge in [0.25, 0.3) is 0 Å². The maximum Gasteiger partial charge on any atom is -0.00724 e. The van der Waals surface area contributed by atoms with Crippen LogP contribution in [0.3, 0.4) is 0 Å². The summed E-state index contributed by atoms with van der Waals surface area (Å²) < 4.78 is 0. The van der Waals surface area contributed by atoms with Gasteiger partial charge in [-0.25, -0.2) is 0 Å². The van der Waals surface area contributed by atoms with Crippen LogP contribution < -0.4 is 15.9 Å². The maximum atomic E-state index is 2.31. The van der Waals surface area contributed by atoms with Gasteiger partial charge in [0.1, 0.15) is 0 Å². The fourth-order valence-electron chi connectivity index (χ4n) is 3.70. The van der Waals surface area contributed by atoms with Crippen molar-refractivity contribution in [1.29, 1.82) is 0 Å². The lowest BCUT2D eigenvalue weighted by atomic mass is 9.96. The van der Waals surface area contributed by atoms with Gasteiger partial charge >= 0.3 is 0 Å². The molecule has 29 heavy (non-hydrogen) atoms. The van der Waals surface area contributed by atoms with E-state index in [0.29, 0.717) is 0 Å². The van der Waals surface area contributed by atoms with E-state index in [1.807, 2.05) is 13.8 Å². The highest BCUT2D eigenvalue weighted by Crippen LogP contribution is 2.38. The van der Waals surface area contributed by atoms with Crippen LogP contribution in [0, 0.1) is 13.8 Å². The molecule has 0 spiro atoms. The van der Waals surface area contributed by atoms with Crippen molar-refractivity contribution >= 4 is 23.8 Å². The Kier molecular flexibility index (Phi) is 7.39. The van der Waals surface area contributed by atoms with Crippen LogP contribution in [0.15, 0.2) is 103 Å². The monoisotopic (exact) mass is 396 g/mol. The normalized spacial score (nSPS) is 10.4. The fraction of sp³-hybridized carbons (Fsp3) is 0.143. The number of benzene rings is 4. The smallest absolute Gasteiger partial charge is 0.00724 e. The summed E-state index contributed by atoms with van der Waals surface area (Å²) in [4.78, 5) is 0. The van der Waals surface area contributed by atoms with E-state index >= 15 is 0 Å². The van der Waals surface area contributed by atoms with Gasteiger partial charge in [-0.2, -0.15) is 0 Å². The van der Waals surface area contributed by atoms with Gasteiger partial charge in [0.05, 0.1) is 0 Å². The summed E-state index contributed by atoms with van der Waals surface area (Å²) in [6.07, 6.45) is 0. The van der Waals surface area contributed by atoms with Crippen molar-refractivity contribution in [3.8, 4) is 11.1 Å². The Labute approximate surface area is 177 Å². The van der Waals surface area contributed by atoms with E-state index < -0.39 is 7.92 Å². The SMILES string of the molecule is CC.Cc1cccc(C)c1-c1ccccc1P(c1ccccc1)c1ccccc1. The van der Waals surface area contributed by atoms with Crippen LogP contribution in [0.1, 0.15) is 25.0 Å². The molecule has 0 fully saturated rings. The third kappa shape index (κ3) is 4.66. The Hall–Kier alpha value is -2.69. The number of hydrogen-bond donors (Lipinski definition) is 0. The molecule has 0 N–H and O–H groups in total. The van der Waals surface area contributed by atoms with Gasteiger partial charge in [-0.05, 0) is 59.9 Å². The molecule has 0 saturated carbocycles. The first-order valence-corrected chi connectivity index (χ1v) is 11.7. The van der Waals surface area contributed by atoms with Crippen LogP contribution in [0.4, 0.5) is 0 Å². The van der Waals surface area contributed by atoms with Gasteiger partial charge in [-0.3, -0.25) is 0 Å². The predicted octanol–water partition coefficient (Wildman–Crippen LogP) is 6.75. The molecule has 0 aliphatic carbocycles. The minimum atomic E-state index is -0.615. The second-order valence-electron chi connectivity index (χ2n) is 6.79. The summed E-state index contributed by atoms with van der Waals surface area (Å²) in [7, 11) is -0.615. The second kappa shape index (κ2) is 10.2. The molecule has 0 bridgehead atoms. The average molecular weight is 397 g/mol. The maximum absolute atomic E-state index is 2.31. The van der Waals surface area contributed by atoms with Gasteiger partial charge in [0.15, 0.2) is 0 Å². The minimum absolute atomic E-state index is 0.615. The zero-order chi connectivity index (χ0) is 20.6. The van der Waals surface area contributed by atoms with Crippen molar-refractivity contribution in [1.82, 2.24) is 0 Å². The molecule has 0 heterocycles. The van der Waals surface area contributed by atoms with E-state index in [4.69, 9.17) is 0 Å². The zero-order valence-corrected chi connectivity index (χ0v) is 18.7. The Morgan fingerprint density at radius 3 is 1.45 bits per heavy atom. The van der Waals surface area contributed by atoms with Crippen molar-refractivity contribution in [3.05, 3.63) is 114 Å². The second-order valence-corrected chi connectivity index (χ2v) is 8.98. The molecular formula is C28H29P. The molecule has 0 atom stereocenters. The third-order valence-corrected chi connectivity index (χ3v) is 7.43. The first-order chi connectivity index (χ1) is 14.3. The summed E-state index contributed by atoms with van der Waals surface area (Å²) in [5.41, 5.74) is 5.39. The molecule has 0 nitrogen and oxygen atoms in total. The predicted molar refractivity (Wildman–Crippen MR) is 131 cm³/mol. The number of rotatable bonds is 4. The molecule has 146 valence electrons. The summed E-state index contributed by atoms with van der Waals surface area (Å²) in [5, 5.41) is 4.19. The van der Waals surface area contributed by atoms with Crippen molar-refractivity contribution in [2.24, 2.45) is 0 Å². The molecule has 0 radical (unpaired) electrons. The minimum Gasteiger partial charge on any atom is -0.0683 e. The highest BCUT2D eigenvalue weighted by Gasteiger charge is 2.21. The molecule has 1 heteroatoms. The fourth-order valence-corrected chi connectivity index (χ4v) is 6.16. The molecular weight excluding hydrogens is 367 g/mol. The Balaban J connectivity index is 0.00000117. The van der Waals surface area contributed by atoms with Crippen LogP contribution in [-0.4, -0.2) is 0 Å². The molecule has 0 amide bonds. The quantitative estimate of drug-likeness (QED) is 0.335. The number of hydrogen-bond acceptors (Lipinski definition) is 0. The lowest BCUT2D eigenvalue weighted by Gasteiger charge is -2.23. The summed E-state index contributed by atoms with van der Waals surface area (Å²) in [6.45, 7) is 8.43. The molecule has 0 aromatic heterocycles. The van der Waals surface area contributed by atoms with E-state index in [0.717, 1.165) is 0 Å². The Morgan fingerprint density at radius 2 is 0.931 bits per heavy atom. The molecule has 0 aliphatic rings. The van der Waals surface area contributed by atoms with Crippen molar-refractivity contribution in [2.75, 3.05) is 0 Å². The third-order valence-electron chi connectivity index (χ3n) is 4.92. The first kappa shape index (κ1) is 21.0. The Morgan fingerprint density at radius 1 is 0.483 bits per heavy atom. The molecule has 4 rings (SSSR count). The van der Waals surface area contributed by atoms with Crippen molar-refractivity contribution < 1.29 is 0 Å². The van der Waals surface area contributed by atoms with E-state index in [-0.39, 0.29) is 0 Å².